The topological polar surface area (TPSA) is 42.8 Å². The van der Waals surface area contributed by atoms with E-state index in [1.807, 2.05) is 38.2 Å². The summed E-state index contributed by atoms with van der Waals surface area (Å²) in [5.41, 5.74) is 1.41. The molecule has 0 heterocycles. The van der Waals surface area contributed by atoms with Crippen LogP contribution in [0.1, 0.15) is 18.1 Å². The summed E-state index contributed by atoms with van der Waals surface area (Å²) in [6, 6.07) is 11.8. The number of carbonyl (C=O) groups excluding carboxylic acids is 1. The maximum atomic E-state index is 13.9. The monoisotopic (exact) mass is 365 g/mol. The highest BCUT2D eigenvalue weighted by molar-refractivity contribution is 6.31. The van der Waals surface area contributed by atoms with Gasteiger partial charge in [-0.2, -0.15) is 0 Å². The minimum atomic E-state index is -0.349. The number of hydrogen-bond acceptors (Lipinski definition) is 2. The van der Waals surface area contributed by atoms with Crippen LogP contribution in [0.15, 0.2) is 42.5 Å². The number of hydrogen-bond donors (Lipinski definition) is 2. The summed E-state index contributed by atoms with van der Waals surface area (Å²) in [5.74, 6) is 0.327. The van der Waals surface area contributed by atoms with Gasteiger partial charge in [-0.05, 0) is 36.8 Å². The Morgan fingerprint density at radius 3 is 2.56 bits per heavy atom. The first kappa shape index (κ1) is 19.2. The molecule has 4 nitrogen and oxygen atoms in total. The van der Waals surface area contributed by atoms with Crippen LogP contribution >= 0.6 is 11.6 Å². The Morgan fingerprint density at radius 1 is 1.28 bits per heavy atom. The van der Waals surface area contributed by atoms with Crippen LogP contribution in [0.2, 0.25) is 5.02 Å². The molecule has 0 fully saturated rings. The van der Waals surface area contributed by atoms with E-state index in [1.54, 1.807) is 19.2 Å². The van der Waals surface area contributed by atoms with E-state index in [-0.39, 0.29) is 17.8 Å². The van der Waals surface area contributed by atoms with Gasteiger partial charge in [0, 0.05) is 6.54 Å². The van der Waals surface area contributed by atoms with Gasteiger partial charge in [-0.25, -0.2) is 4.39 Å². The van der Waals surface area contributed by atoms with E-state index in [0.717, 1.165) is 16.2 Å². The van der Waals surface area contributed by atoms with E-state index in [2.05, 4.69) is 5.32 Å². The number of nitrogens with one attached hydrogen (secondary N) is 2. The second-order valence-electron chi connectivity index (χ2n) is 6.01. The van der Waals surface area contributed by atoms with Crippen LogP contribution < -0.4 is 15.0 Å². The lowest BCUT2D eigenvalue weighted by molar-refractivity contribution is -0.908. The number of quaternary nitrogens is 1. The predicted molar refractivity (Wildman–Crippen MR) is 96.3 cm³/mol. The first-order valence-electron chi connectivity index (χ1n) is 8.08. The molecular formula is C19H23ClFN2O2+. The average Bonchev–Trinajstić information content (AvgIpc) is 2.62. The largest absolute Gasteiger partial charge is 0.497 e. The summed E-state index contributed by atoms with van der Waals surface area (Å²) < 4.78 is 19.0. The maximum Gasteiger partial charge on any atom is 0.278 e. The van der Waals surface area contributed by atoms with Gasteiger partial charge in [0.05, 0.1) is 24.7 Å². The number of ether oxygens (including phenoxy) is 1. The molecular weight excluding hydrogens is 343 g/mol. The minimum Gasteiger partial charge on any atom is -0.497 e. The minimum absolute atomic E-state index is 0.0965. The van der Waals surface area contributed by atoms with Crippen molar-refractivity contribution in [3.05, 3.63) is 64.4 Å². The fourth-order valence-corrected chi connectivity index (χ4v) is 2.67. The molecule has 2 atom stereocenters. The predicted octanol–water partition coefficient (Wildman–Crippen LogP) is 2.21. The number of likely N-dealkylation sites (N-methyl/N-ethyl adjacent to an activating group) is 1. The smallest absolute Gasteiger partial charge is 0.278 e. The summed E-state index contributed by atoms with van der Waals surface area (Å²) in [6.45, 7) is 2.58. The van der Waals surface area contributed by atoms with Crippen molar-refractivity contribution in [1.82, 2.24) is 5.32 Å². The molecule has 134 valence electrons. The summed E-state index contributed by atoms with van der Waals surface area (Å²) in [6.07, 6.45) is 0. The van der Waals surface area contributed by atoms with Crippen LogP contribution in [-0.2, 0) is 17.9 Å². The highest BCUT2D eigenvalue weighted by atomic mass is 35.5. The number of benzene rings is 2. The SMILES string of the molecule is COc1ccc(CNC(=O)[C@@H](C)[NH+](C)Cc2c(F)cccc2Cl)cc1. The first-order chi connectivity index (χ1) is 11.9. The number of carbonyl (C=O) groups is 1. The van der Waals surface area contributed by atoms with Crippen molar-refractivity contribution >= 4 is 17.5 Å². The van der Waals surface area contributed by atoms with E-state index in [0.29, 0.717) is 23.7 Å². The number of halogens is 2. The lowest BCUT2D eigenvalue weighted by Crippen LogP contribution is -3.12. The Kier molecular flexibility index (Phi) is 6.79. The molecule has 0 bridgehead atoms. The zero-order valence-electron chi connectivity index (χ0n) is 14.6. The van der Waals surface area contributed by atoms with Crippen LogP contribution in [0.4, 0.5) is 4.39 Å². The summed E-state index contributed by atoms with van der Waals surface area (Å²) in [7, 11) is 3.46. The molecule has 2 N–H and O–H groups in total. The highest BCUT2D eigenvalue weighted by Crippen LogP contribution is 2.17. The van der Waals surface area contributed by atoms with E-state index in [1.165, 1.54) is 6.07 Å². The van der Waals surface area contributed by atoms with Gasteiger partial charge in [0.15, 0.2) is 6.04 Å². The van der Waals surface area contributed by atoms with Gasteiger partial charge >= 0.3 is 0 Å². The maximum absolute atomic E-state index is 13.9. The molecule has 1 unspecified atom stereocenters. The third kappa shape index (κ3) is 5.18. The molecule has 25 heavy (non-hydrogen) atoms. The van der Waals surface area contributed by atoms with Crippen molar-refractivity contribution in [3.8, 4) is 5.75 Å². The second kappa shape index (κ2) is 8.83. The van der Waals surface area contributed by atoms with E-state index in [9.17, 15) is 9.18 Å². The van der Waals surface area contributed by atoms with Crippen molar-refractivity contribution in [1.29, 1.82) is 0 Å². The number of rotatable bonds is 7. The second-order valence-corrected chi connectivity index (χ2v) is 6.42. The van der Waals surface area contributed by atoms with Crippen molar-refractivity contribution in [3.63, 3.8) is 0 Å². The Bertz CT molecular complexity index is 702. The van der Waals surface area contributed by atoms with Crippen LogP contribution in [0, 0.1) is 5.82 Å². The Hall–Kier alpha value is -2.11. The van der Waals surface area contributed by atoms with Crippen molar-refractivity contribution in [2.75, 3.05) is 14.2 Å². The summed E-state index contributed by atoms with van der Waals surface area (Å²) >= 11 is 6.06. The standard InChI is InChI=1S/C19H22ClFN2O2/c1-13(23(2)12-16-17(20)5-4-6-18(16)21)19(24)22-11-14-7-9-15(25-3)10-8-14/h4-10,13H,11-12H2,1-3H3,(H,22,24)/p+1/t13-/m1/s1. The summed E-state index contributed by atoms with van der Waals surface area (Å²) in [5, 5.41) is 3.28. The number of amides is 1. The molecule has 0 aliphatic rings. The Balaban J connectivity index is 1.92. The summed E-state index contributed by atoms with van der Waals surface area (Å²) in [4.78, 5) is 13.2. The van der Waals surface area contributed by atoms with Crippen LogP contribution in [0.25, 0.3) is 0 Å². The van der Waals surface area contributed by atoms with Crippen LogP contribution in [-0.4, -0.2) is 26.1 Å². The molecule has 2 aromatic rings. The molecule has 0 saturated carbocycles. The fourth-order valence-electron chi connectivity index (χ4n) is 2.44. The first-order valence-corrected chi connectivity index (χ1v) is 8.46. The van der Waals surface area contributed by atoms with Crippen LogP contribution in [0.3, 0.4) is 0 Å². The van der Waals surface area contributed by atoms with E-state index < -0.39 is 0 Å². The fraction of sp³-hybridized carbons (Fsp3) is 0.316. The molecule has 0 spiro atoms. The Labute approximate surface area is 152 Å². The average molecular weight is 366 g/mol. The van der Waals surface area contributed by atoms with Gasteiger partial charge in [0.2, 0.25) is 0 Å². The lowest BCUT2D eigenvalue weighted by Gasteiger charge is -2.22. The van der Waals surface area contributed by atoms with Gasteiger partial charge in [-0.15, -0.1) is 0 Å². The molecule has 1 amide bonds. The lowest BCUT2D eigenvalue weighted by atomic mass is 10.1. The zero-order chi connectivity index (χ0) is 18.4. The van der Waals surface area contributed by atoms with Gasteiger partial charge < -0.3 is 15.0 Å². The molecule has 2 rings (SSSR count). The number of methoxy groups -OCH3 is 1. The van der Waals surface area contributed by atoms with Crippen LogP contribution in [0.5, 0.6) is 5.75 Å². The molecule has 0 aliphatic heterocycles. The Morgan fingerprint density at radius 2 is 1.96 bits per heavy atom. The molecule has 0 aromatic heterocycles. The quantitative estimate of drug-likeness (QED) is 0.790. The van der Waals surface area contributed by atoms with Gasteiger partial charge in [-0.3, -0.25) is 4.79 Å². The van der Waals surface area contributed by atoms with Crippen molar-refractivity contribution in [2.45, 2.75) is 26.1 Å². The molecule has 0 radical (unpaired) electrons. The van der Waals surface area contributed by atoms with Gasteiger partial charge in [-0.1, -0.05) is 29.8 Å². The molecule has 2 aromatic carbocycles. The highest BCUT2D eigenvalue weighted by Gasteiger charge is 2.23. The molecule has 6 heteroatoms. The molecule has 0 saturated heterocycles. The van der Waals surface area contributed by atoms with E-state index in [4.69, 9.17) is 16.3 Å². The molecule has 0 aliphatic carbocycles. The van der Waals surface area contributed by atoms with Gasteiger partial charge in [0.25, 0.3) is 5.91 Å². The third-order valence-corrected chi connectivity index (χ3v) is 4.63. The zero-order valence-corrected chi connectivity index (χ0v) is 15.4. The third-order valence-electron chi connectivity index (χ3n) is 4.28. The van der Waals surface area contributed by atoms with E-state index >= 15 is 0 Å². The van der Waals surface area contributed by atoms with Crippen molar-refractivity contribution in [2.24, 2.45) is 0 Å². The normalized spacial score (nSPS) is 13.2. The van der Waals surface area contributed by atoms with Gasteiger partial charge in [0.1, 0.15) is 18.1 Å². The van der Waals surface area contributed by atoms with Crippen molar-refractivity contribution < 1.29 is 18.8 Å².